The molecule has 0 fully saturated rings. The third-order valence-corrected chi connectivity index (χ3v) is 2.81. The van der Waals surface area contributed by atoms with Crippen LogP contribution in [0.15, 0.2) is 42.6 Å². The summed E-state index contributed by atoms with van der Waals surface area (Å²) in [6.45, 7) is 6.45. The van der Waals surface area contributed by atoms with E-state index in [4.69, 9.17) is 0 Å². The largest absolute Gasteiger partial charge is 0.262 e. The second-order valence-corrected chi connectivity index (χ2v) is 4.46. The van der Waals surface area contributed by atoms with Gasteiger partial charge in [0.1, 0.15) is 0 Å². The first-order valence-corrected chi connectivity index (χ1v) is 5.70. The van der Waals surface area contributed by atoms with E-state index in [1.54, 1.807) is 0 Å². The molecule has 0 aliphatic rings. The lowest BCUT2D eigenvalue weighted by Crippen LogP contribution is -1.87. The quantitative estimate of drug-likeness (QED) is 0.726. The van der Waals surface area contributed by atoms with Gasteiger partial charge < -0.3 is 0 Å². The Morgan fingerprint density at radius 2 is 1.62 bits per heavy atom. The number of rotatable bonds is 2. The number of hydrogen-bond acceptors (Lipinski definition) is 1. The van der Waals surface area contributed by atoms with E-state index >= 15 is 0 Å². The highest BCUT2D eigenvalue weighted by Gasteiger charge is 2.01. The zero-order chi connectivity index (χ0) is 11.5. The second-order valence-electron chi connectivity index (χ2n) is 4.46. The van der Waals surface area contributed by atoms with Crippen LogP contribution in [0.5, 0.6) is 0 Å². The zero-order valence-electron chi connectivity index (χ0n) is 10.1. The molecule has 0 N–H and O–H groups in total. The van der Waals surface area contributed by atoms with Crippen LogP contribution >= 0.6 is 0 Å². The van der Waals surface area contributed by atoms with E-state index in [0.717, 1.165) is 5.69 Å². The predicted octanol–water partition coefficient (Wildman–Crippen LogP) is 4.18. The average Bonchev–Trinajstić information content (AvgIpc) is 2.29. The maximum absolute atomic E-state index is 4.21. The summed E-state index contributed by atoms with van der Waals surface area (Å²) in [7, 11) is 0. The molecular formula is C15H17N. The van der Waals surface area contributed by atoms with Crippen molar-refractivity contribution in [3.05, 3.63) is 53.9 Å². The molecule has 0 atom stereocenters. The van der Waals surface area contributed by atoms with Gasteiger partial charge in [-0.05, 0) is 41.7 Å². The number of aryl methyl sites for hydroxylation is 1. The summed E-state index contributed by atoms with van der Waals surface area (Å²) in [6, 6.07) is 12.9. The van der Waals surface area contributed by atoms with E-state index in [0.29, 0.717) is 5.92 Å². The molecule has 0 saturated carbocycles. The average molecular weight is 211 g/mol. The number of nitrogens with zero attached hydrogens (tertiary/aromatic N) is 1. The fraction of sp³-hybridized carbons (Fsp3) is 0.267. The van der Waals surface area contributed by atoms with Crippen molar-refractivity contribution in [2.75, 3.05) is 0 Å². The SMILES string of the molecule is Cc1cc(-c2ccc(C(C)C)cc2)ccn1. The van der Waals surface area contributed by atoms with Crippen LogP contribution in [0.1, 0.15) is 31.0 Å². The van der Waals surface area contributed by atoms with Crippen molar-refractivity contribution in [2.45, 2.75) is 26.7 Å². The van der Waals surface area contributed by atoms with E-state index in [9.17, 15) is 0 Å². The monoisotopic (exact) mass is 211 g/mol. The van der Waals surface area contributed by atoms with Gasteiger partial charge in [0, 0.05) is 11.9 Å². The number of benzene rings is 1. The van der Waals surface area contributed by atoms with Gasteiger partial charge in [-0.25, -0.2) is 0 Å². The number of hydrogen-bond donors (Lipinski definition) is 0. The fourth-order valence-corrected chi connectivity index (χ4v) is 1.79. The molecule has 0 bridgehead atoms. The van der Waals surface area contributed by atoms with E-state index in [-0.39, 0.29) is 0 Å². The lowest BCUT2D eigenvalue weighted by atomic mass is 9.99. The van der Waals surface area contributed by atoms with E-state index in [1.807, 2.05) is 13.1 Å². The molecule has 82 valence electrons. The van der Waals surface area contributed by atoms with Crippen molar-refractivity contribution < 1.29 is 0 Å². The minimum atomic E-state index is 0.591. The molecule has 16 heavy (non-hydrogen) atoms. The van der Waals surface area contributed by atoms with Crippen molar-refractivity contribution in [3.8, 4) is 11.1 Å². The van der Waals surface area contributed by atoms with Gasteiger partial charge in [0.15, 0.2) is 0 Å². The van der Waals surface area contributed by atoms with Crippen LogP contribution in [-0.2, 0) is 0 Å². The first-order valence-electron chi connectivity index (χ1n) is 5.70. The van der Waals surface area contributed by atoms with Crippen LogP contribution in [0.3, 0.4) is 0 Å². The molecule has 1 heteroatoms. The summed E-state index contributed by atoms with van der Waals surface area (Å²) in [5.74, 6) is 0.591. The standard InChI is InChI=1S/C15H17N/c1-11(2)13-4-6-14(7-5-13)15-8-9-16-12(3)10-15/h4-11H,1-3H3. The minimum absolute atomic E-state index is 0.591. The Balaban J connectivity index is 2.35. The van der Waals surface area contributed by atoms with Gasteiger partial charge in [-0.1, -0.05) is 38.1 Å². The van der Waals surface area contributed by atoms with Gasteiger partial charge in [0.25, 0.3) is 0 Å². The van der Waals surface area contributed by atoms with Crippen molar-refractivity contribution in [3.63, 3.8) is 0 Å². The first kappa shape index (κ1) is 10.9. The smallest absolute Gasteiger partial charge is 0.0378 e. The third kappa shape index (κ3) is 2.30. The van der Waals surface area contributed by atoms with Crippen LogP contribution in [0.4, 0.5) is 0 Å². The van der Waals surface area contributed by atoms with Crippen LogP contribution in [0.25, 0.3) is 11.1 Å². The molecule has 0 aliphatic carbocycles. The predicted molar refractivity (Wildman–Crippen MR) is 68.5 cm³/mol. The Morgan fingerprint density at radius 1 is 0.938 bits per heavy atom. The van der Waals surface area contributed by atoms with E-state index < -0.39 is 0 Å². The molecule has 1 aromatic carbocycles. The third-order valence-electron chi connectivity index (χ3n) is 2.81. The van der Waals surface area contributed by atoms with Gasteiger partial charge in [-0.15, -0.1) is 0 Å². The topological polar surface area (TPSA) is 12.9 Å². The lowest BCUT2D eigenvalue weighted by Gasteiger charge is -2.07. The van der Waals surface area contributed by atoms with Crippen LogP contribution in [0, 0.1) is 6.92 Å². The van der Waals surface area contributed by atoms with Crippen LogP contribution < -0.4 is 0 Å². The summed E-state index contributed by atoms with van der Waals surface area (Å²) in [5, 5.41) is 0. The summed E-state index contributed by atoms with van der Waals surface area (Å²) < 4.78 is 0. The van der Waals surface area contributed by atoms with E-state index in [2.05, 4.69) is 55.2 Å². The van der Waals surface area contributed by atoms with E-state index in [1.165, 1.54) is 16.7 Å². The van der Waals surface area contributed by atoms with Gasteiger partial charge in [0.2, 0.25) is 0 Å². The Labute approximate surface area is 97.2 Å². The number of aromatic nitrogens is 1. The maximum atomic E-state index is 4.21. The summed E-state index contributed by atoms with van der Waals surface area (Å²) in [5.41, 5.74) is 4.94. The molecule has 0 unspecified atom stereocenters. The molecule has 0 aliphatic heterocycles. The highest BCUT2D eigenvalue weighted by atomic mass is 14.6. The van der Waals surface area contributed by atoms with Gasteiger partial charge in [0.05, 0.1) is 0 Å². The Bertz CT molecular complexity index is 469. The molecule has 2 aromatic rings. The highest BCUT2D eigenvalue weighted by Crippen LogP contribution is 2.22. The first-order chi connectivity index (χ1) is 7.66. The van der Waals surface area contributed by atoms with Gasteiger partial charge in [-0.3, -0.25) is 4.98 Å². The van der Waals surface area contributed by atoms with Crippen molar-refractivity contribution in [1.82, 2.24) is 4.98 Å². The second kappa shape index (κ2) is 4.48. The molecular weight excluding hydrogens is 194 g/mol. The Hall–Kier alpha value is -1.63. The fourth-order valence-electron chi connectivity index (χ4n) is 1.79. The maximum Gasteiger partial charge on any atom is 0.0378 e. The molecule has 0 amide bonds. The summed E-state index contributed by atoms with van der Waals surface area (Å²) in [6.07, 6.45) is 1.86. The molecule has 1 heterocycles. The molecule has 2 rings (SSSR count). The molecule has 0 radical (unpaired) electrons. The Kier molecular flexibility index (Phi) is 3.04. The number of pyridine rings is 1. The van der Waals surface area contributed by atoms with Crippen molar-refractivity contribution in [1.29, 1.82) is 0 Å². The zero-order valence-corrected chi connectivity index (χ0v) is 10.1. The molecule has 0 spiro atoms. The van der Waals surface area contributed by atoms with Crippen molar-refractivity contribution >= 4 is 0 Å². The molecule has 0 saturated heterocycles. The van der Waals surface area contributed by atoms with Crippen LogP contribution in [0.2, 0.25) is 0 Å². The summed E-state index contributed by atoms with van der Waals surface area (Å²) in [4.78, 5) is 4.21. The Morgan fingerprint density at radius 3 is 2.19 bits per heavy atom. The van der Waals surface area contributed by atoms with Gasteiger partial charge in [-0.2, -0.15) is 0 Å². The summed E-state index contributed by atoms with van der Waals surface area (Å²) >= 11 is 0. The van der Waals surface area contributed by atoms with Crippen molar-refractivity contribution in [2.24, 2.45) is 0 Å². The van der Waals surface area contributed by atoms with Crippen LogP contribution in [-0.4, -0.2) is 4.98 Å². The molecule has 1 aromatic heterocycles. The molecule has 1 nitrogen and oxygen atoms in total. The lowest BCUT2D eigenvalue weighted by molar-refractivity contribution is 0.867. The minimum Gasteiger partial charge on any atom is -0.262 e. The normalized spacial score (nSPS) is 10.8. The highest BCUT2D eigenvalue weighted by molar-refractivity contribution is 5.63. The van der Waals surface area contributed by atoms with Gasteiger partial charge >= 0.3 is 0 Å².